The van der Waals surface area contributed by atoms with E-state index in [9.17, 15) is 9.50 Å². The molecule has 18 heavy (non-hydrogen) atoms. The Labute approximate surface area is 110 Å². The summed E-state index contributed by atoms with van der Waals surface area (Å²) in [5.74, 6) is 0.362. The summed E-state index contributed by atoms with van der Waals surface area (Å²) in [5, 5.41) is 9.61. The van der Waals surface area contributed by atoms with Gasteiger partial charge in [-0.25, -0.2) is 4.39 Å². The number of para-hydroxylation sites is 1. The molecule has 0 aromatic heterocycles. The smallest absolute Gasteiger partial charge is 0.151 e. The first-order valence-electron chi connectivity index (χ1n) is 5.44. The van der Waals surface area contributed by atoms with Crippen LogP contribution >= 0.6 is 11.6 Å². The van der Waals surface area contributed by atoms with Crippen LogP contribution < -0.4 is 4.74 Å². The monoisotopic (exact) mass is 266 g/mol. The van der Waals surface area contributed by atoms with Crippen molar-refractivity contribution in [3.05, 3.63) is 58.4 Å². The number of hydrogen-bond acceptors (Lipinski definition) is 2. The van der Waals surface area contributed by atoms with Gasteiger partial charge < -0.3 is 9.84 Å². The van der Waals surface area contributed by atoms with Crippen molar-refractivity contribution in [2.24, 2.45) is 0 Å². The lowest BCUT2D eigenvalue weighted by molar-refractivity contribution is 0.276. The molecule has 0 atom stereocenters. The summed E-state index contributed by atoms with van der Waals surface area (Å²) in [6.45, 7) is 1.62. The molecule has 0 unspecified atom stereocenters. The summed E-state index contributed by atoms with van der Waals surface area (Å²) in [6, 6.07) is 9.36. The highest BCUT2D eigenvalue weighted by molar-refractivity contribution is 6.32. The average Bonchev–Trinajstić information content (AvgIpc) is 2.36. The number of halogens is 2. The molecule has 94 valence electrons. The molecule has 0 heterocycles. The summed E-state index contributed by atoms with van der Waals surface area (Å²) in [5.41, 5.74) is 1.35. The van der Waals surface area contributed by atoms with E-state index in [1.54, 1.807) is 24.3 Å². The first-order valence-corrected chi connectivity index (χ1v) is 5.82. The van der Waals surface area contributed by atoms with Crippen molar-refractivity contribution in [3.63, 3.8) is 0 Å². The summed E-state index contributed by atoms with van der Waals surface area (Å²) >= 11 is 6.02. The van der Waals surface area contributed by atoms with Gasteiger partial charge in [-0.1, -0.05) is 29.8 Å². The fraction of sp³-hybridized carbons (Fsp3) is 0.143. The highest BCUT2D eigenvalue weighted by atomic mass is 35.5. The lowest BCUT2D eigenvalue weighted by Crippen LogP contribution is -1.94. The lowest BCUT2D eigenvalue weighted by atomic mass is 10.2. The van der Waals surface area contributed by atoms with Gasteiger partial charge in [0.1, 0.15) is 11.6 Å². The van der Waals surface area contributed by atoms with Gasteiger partial charge in [0.2, 0.25) is 0 Å². The largest absolute Gasteiger partial charge is 0.455 e. The first kappa shape index (κ1) is 12.9. The van der Waals surface area contributed by atoms with Crippen LogP contribution in [0.2, 0.25) is 5.02 Å². The quantitative estimate of drug-likeness (QED) is 0.907. The molecule has 0 saturated carbocycles. The van der Waals surface area contributed by atoms with Crippen LogP contribution in [-0.4, -0.2) is 5.11 Å². The van der Waals surface area contributed by atoms with Crippen molar-refractivity contribution in [2.75, 3.05) is 0 Å². The molecule has 0 amide bonds. The van der Waals surface area contributed by atoms with Gasteiger partial charge in [-0.05, 0) is 24.6 Å². The van der Waals surface area contributed by atoms with Gasteiger partial charge in [0.05, 0.1) is 11.6 Å². The van der Waals surface area contributed by atoms with Crippen LogP contribution in [0.1, 0.15) is 11.1 Å². The molecule has 2 aromatic rings. The van der Waals surface area contributed by atoms with Crippen molar-refractivity contribution in [1.29, 1.82) is 0 Å². The Kier molecular flexibility index (Phi) is 3.84. The molecule has 2 aromatic carbocycles. The molecule has 2 nitrogen and oxygen atoms in total. The summed E-state index contributed by atoms with van der Waals surface area (Å²) in [6.07, 6.45) is 0. The van der Waals surface area contributed by atoms with Gasteiger partial charge in [0.25, 0.3) is 0 Å². The Hall–Kier alpha value is -1.58. The van der Waals surface area contributed by atoms with E-state index >= 15 is 0 Å². The maximum Gasteiger partial charge on any atom is 0.151 e. The molecule has 0 saturated heterocycles. The standard InChI is InChI=1S/C14H12ClFO2/c1-9-5-6-11(16)7-13(9)18-14-10(8-17)3-2-4-12(14)15/h2-7,17H,8H2,1H3. The molecule has 0 aliphatic carbocycles. The van der Waals surface area contributed by atoms with E-state index in [4.69, 9.17) is 16.3 Å². The Bertz CT molecular complexity index is 570. The topological polar surface area (TPSA) is 29.5 Å². The molecule has 0 aliphatic rings. The molecule has 0 aliphatic heterocycles. The van der Waals surface area contributed by atoms with Crippen molar-refractivity contribution in [1.82, 2.24) is 0 Å². The maximum atomic E-state index is 13.2. The zero-order chi connectivity index (χ0) is 13.1. The number of benzene rings is 2. The molecular formula is C14H12ClFO2. The van der Waals surface area contributed by atoms with E-state index in [-0.39, 0.29) is 12.4 Å². The third-order valence-corrected chi connectivity index (χ3v) is 2.88. The Morgan fingerprint density at radius 3 is 2.78 bits per heavy atom. The number of aryl methyl sites for hydroxylation is 1. The minimum absolute atomic E-state index is 0.190. The van der Waals surface area contributed by atoms with Crippen LogP contribution in [0.15, 0.2) is 36.4 Å². The third-order valence-electron chi connectivity index (χ3n) is 2.58. The maximum absolute atomic E-state index is 13.2. The molecule has 0 radical (unpaired) electrons. The van der Waals surface area contributed by atoms with Gasteiger partial charge in [0.15, 0.2) is 5.75 Å². The van der Waals surface area contributed by atoms with Crippen LogP contribution in [0, 0.1) is 12.7 Å². The molecule has 1 N–H and O–H groups in total. The zero-order valence-electron chi connectivity index (χ0n) is 9.78. The fourth-order valence-corrected chi connectivity index (χ4v) is 1.82. The van der Waals surface area contributed by atoms with E-state index in [2.05, 4.69) is 0 Å². The van der Waals surface area contributed by atoms with E-state index in [0.717, 1.165) is 5.56 Å². The van der Waals surface area contributed by atoms with Crippen LogP contribution in [-0.2, 0) is 6.61 Å². The average molecular weight is 267 g/mol. The Morgan fingerprint density at radius 1 is 1.28 bits per heavy atom. The van der Waals surface area contributed by atoms with Crippen LogP contribution in [0.5, 0.6) is 11.5 Å². The van der Waals surface area contributed by atoms with Crippen molar-refractivity contribution >= 4 is 11.6 Å². The van der Waals surface area contributed by atoms with E-state index in [0.29, 0.717) is 22.1 Å². The van der Waals surface area contributed by atoms with E-state index < -0.39 is 0 Å². The molecule has 0 fully saturated rings. The molecule has 0 bridgehead atoms. The Morgan fingerprint density at radius 2 is 2.06 bits per heavy atom. The van der Waals surface area contributed by atoms with Gasteiger partial charge >= 0.3 is 0 Å². The third kappa shape index (κ3) is 2.63. The van der Waals surface area contributed by atoms with Crippen molar-refractivity contribution in [3.8, 4) is 11.5 Å². The SMILES string of the molecule is Cc1ccc(F)cc1Oc1c(Cl)cccc1CO. The van der Waals surface area contributed by atoms with Gasteiger partial charge in [-0.15, -0.1) is 0 Å². The van der Waals surface area contributed by atoms with Gasteiger partial charge in [-0.2, -0.15) is 0 Å². The number of hydrogen-bond donors (Lipinski definition) is 1. The zero-order valence-corrected chi connectivity index (χ0v) is 10.5. The second-order valence-corrected chi connectivity index (χ2v) is 4.31. The number of ether oxygens (including phenoxy) is 1. The summed E-state index contributed by atoms with van der Waals surface area (Å²) < 4.78 is 18.8. The minimum Gasteiger partial charge on any atom is -0.455 e. The van der Waals surface area contributed by atoms with E-state index in [1.807, 2.05) is 6.92 Å². The number of aliphatic hydroxyl groups is 1. The van der Waals surface area contributed by atoms with Crippen LogP contribution in [0.4, 0.5) is 4.39 Å². The van der Waals surface area contributed by atoms with Gasteiger partial charge in [-0.3, -0.25) is 0 Å². The fourth-order valence-electron chi connectivity index (χ4n) is 1.59. The second-order valence-electron chi connectivity index (χ2n) is 3.90. The number of rotatable bonds is 3. The predicted octanol–water partition coefficient (Wildman–Crippen LogP) is 4.07. The predicted molar refractivity (Wildman–Crippen MR) is 68.6 cm³/mol. The summed E-state index contributed by atoms with van der Waals surface area (Å²) in [7, 11) is 0. The second kappa shape index (κ2) is 5.38. The lowest BCUT2D eigenvalue weighted by Gasteiger charge is -2.13. The van der Waals surface area contributed by atoms with Crippen molar-refractivity contribution in [2.45, 2.75) is 13.5 Å². The van der Waals surface area contributed by atoms with Crippen LogP contribution in [0.25, 0.3) is 0 Å². The van der Waals surface area contributed by atoms with Gasteiger partial charge in [0, 0.05) is 11.6 Å². The minimum atomic E-state index is -0.381. The summed E-state index contributed by atoms with van der Waals surface area (Å²) in [4.78, 5) is 0. The first-order chi connectivity index (χ1) is 8.61. The molecule has 4 heteroatoms. The van der Waals surface area contributed by atoms with Crippen LogP contribution in [0.3, 0.4) is 0 Å². The number of aliphatic hydroxyl groups excluding tert-OH is 1. The molecular weight excluding hydrogens is 255 g/mol. The molecule has 2 rings (SSSR count). The molecule has 0 spiro atoms. The van der Waals surface area contributed by atoms with E-state index in [1.165, 1.54) is 12.1 Å². The normalized spacial score (nSPS) is 10.4. The highest BCUT2D eigenvalue weighted by Crippen LogP contribution is 2.34. The van der Waals surface area contributed by atoms with Crippen molar-refractivity contribution < 1.29 is 14.2 Å². The Balaban J connectivity index is 2.42. The highest BCUT2D eigenvalue weighted by Gasteiger charge is 2.11.